The number of ether oxygens (including phenoxy) is 2. The van der Waals surface area contributed by atoms with E-state index in [-0.39, 0.29) is 24.3 Å². The average molecular weight is 617 g/mol. The first kappa shape index (κ1) is 27.3. The number of hydrogen-bond acceptors (Lipinski definition) is 6. The number of carbonyl (C=O) groups excluding carboxylic acids is 1. The molecular formula is C31H22BrFN2O4S. The van der Waals surface area contributed by atoms with Gasteiger partial charge in [-0.05, 0) is 64.3 Å². The lowest BCUT2D eigenvalue weighted by Gasteiger charge is -2.25. The van der Waals surface area contributed by atoms with Gasteiger partial charge < -0.3 is 9.47 Å². The molecule has 0 radical (unpaired) electrons. The molecule has 40 heavy (non-hydrogen) atoms. The Morgan fingerprint density at radius 2 is 1.93 bits per heavy atom. The number of esters is 1. The van der Waals surface area contributed by atoms with Crippen molar-refractivity contribution in [1.82, 2.24) is 4.57 Å². The number of rotatable bonds is 7. The van der Waals surface area contributed by atoms with Crippen LogP contribution in [0.3, 0.4) is 0 Å². The zero-order valence-corrected chi connectivity index (χ0v) is 23.7. The molecule has 0 spiro atoms. The summed E-state index contributed by atoms with van der Waals surface area (Å²) in [4.78, 5) is 32.5. The number of benzene rings is 3. The lowest BCUT2D eigenvalue weighted by Crippen LogP contribution is -2.40. The van der Waals surface area contributed by atoms with Crippen molar-refractivity contribution < 1.29 is 18.7 Å². The summed E-state index contributed by atoms with van der Waals surface area (Å²) < 4.78 is 27.4. The Hall–Kier alpha value is -4.26. The molecule has 1 aliphatic rings. The molecule has 0 fully saturated rings. The smallest absolute Gasteiger partial charge is 0.338 e. The van der Waals surface area contributed by atoms with E-state index < -0.39 is 17.8 Å². The third kappa shape index (κ3) is 5.41. The number of hydrogen-bond donors (Lipinski definition) is 0. The van der Waals surface area contributed by atoms with Gasteiger partial charge in [0, 0.05) is 5.56 Å². The third-order valence-electron chi connectivity index (χ3n) is 6.12. The molecule has 3 aromatic carbocycles. The predicted octanol–water partition coefficient (Wildman–Crippen LogP) is 4.85. The molecular weight excluding hydrogens is 595 g/mol. The second-order valence-corrected chi connectivity index (χ2v) is 10.5. The van der Waals surface area contributed by atoms with E-state index in [1.165, 1.54) is 28.0 Å². The van der Waals surface area contributed by atoms with Crippen LogP contribution >= 0.6 is 27.3 Å². The van der Waals surface area contributed by atoms with Crippen LogP contribution in [0.5, 0.6) is 5.75 Å². The van der Waals surface area contributed by atoms with Gasteiger partial charge in [-0.3, -0.25) is 9.36 Å². The van der Waals surface area contributed by atoms with Crippen molar-refractivity contribution in [2.75, 3.05) is 13.2 Å². The Morgan fingerprint density at radius 3 is 2.60 bits per heavy atom. The Kier molecular flexibility index (Phi) is 8.10. The maximum atomic E-state index is 13.9. The number of thiazole rings is 1. The molecule has 0 saturated heterocycles. The zero-order chi connectivity index (χ0) is 28.2. The average Bonchev–Trinajstić information content (AvgIpc) is 3.27. The summed E-state index contributed by atoms with van der Waals surface area (Å²) in [5, 5.41) is 0. The minimum atomic E-state index is -0.875. The van der Waals surface area contributed by atoms with Gasteiger partial charge in [0.05, 0.1) is 32.9 Å². The molecule has 9 heteroatoms. The number of aromatic nitrogens is 1. The first-order chi connectivity index (χ1) is 19.4. The number of carbonyl (C=O) groups is 1. The molecule has 5 rings (SSSR count). The minimum absolute atomic E-state index is 0.131. The lowest BCUT2D eigenvalue weighted by atomic mass is 9.93. The van der Waals surface area contributed by atoms with E-state index in [1.807, 2.05) is 42.5 Å². The maximum absolute atomic E-state index is 13.9. The van der Waals surface area contributed by atoms with E-state index >= 15 is 0 Å². The van der Waals surface area contributed by atoms with Gasteiger partial charge in [0.25, 0.3) is 5.56 Å². The highest BCUT2D eigenvalue weighted by Gasteiger charge is 2.35. The maximum Gasteiger partial charge on any atom is 0.338 e. The SMILES string of the molecule is C#CCOc1ccc(/C=c2\sc3n(c2=O)[C@@H](c2ccc(F)cc2)C(C(=O)OCC)=C(c2ccccc2)N=3)cc1Br. The summed E-state index contributed by atoms with van der Waals surface area (Å²) in [7, 11) is 0. The topological polar surface area (TPSA) is 69.9 Å². The highest BCUT2D eigenvalue weighted by molar-refractivity contribution is 9.10. The van der Waals surface area contributed by atoms with Crippen LogP contribution in [0.2, 0.25) is 0 Å². The van der Waals surface area contributed by atoms with E-state index in [4.69, 9.17) is 20.9 Å². The van der Waals surface area contributed by atoms with Crippen LogP contribution < -0.4 is 19.6 Å². The normalized spacial score (nSPS) is 14.8. The highest BCUT2D eigenvalue weighted by atomic mass is 79.9. The quantitative estimate of drug-likeness (QED) is 0.220. The van der Waals surface area contributed by atoms with Crippen molar-refractivity contribution in [2.24, 2.45) is 4.99 Å². The van der Waals surface area contributed by atoms with Gasteiger partial charge in [-0.2, -0.15) is 0 Å². The van der Waals surface area contributed by atoms with Gasteiger partial charge in [0.1, 0.15) is 18.2 Å². The fourth-order valence-electron chi connectivity index (χ4n) is 4.40. The molecule has 0 aliphatic carbocycles. The van der Waals surface area contributed by atoms with Crippen molar-refractivity contribution in [3.05, 3.63) is 125 Å². The number of fused-ring (bicyclic) bond motifs is 1. The summed E-state index contributed by atoms with van der Waals surface area (Å²) >= 11 is 4.69. The van der Waals surface area contributed by atoms with Crippen molar-refractivity contribution >= 4 is 45.0 Å². The Bertz CT molecular complexity index is 1840. The monoisotopic (exact) mass is 616 g/mol. The Labute approximate surface area is 241 Å². The first-order valence-corrected chi connectivity index (χ1v) is 13.9. The van der Waals surface area contributed by atoms with Crippen LogP contribution in [-0.2, 0) is 9.53 Å². The molecule has 0 bridgehead atoms. The largest absolute Gasteiger partial charge is 0.480 e. The molecule has 6 nitrogen and oxygen atoms in total. The second-order valence-electron chi connectivity index (χ2n) is 8.67. The van der Waals surface area contributed by atoms with Crippen LogP contribution in [0.1, 0.15) is 29.7 Å². The van der Waals surface area contributed by atoms with Crippen LogP contribution in [0.4, 0.5) is 4.39 Å². The minimum Gasteiger partial charge on any atom is -0.480 e. The van der Waals surface area contributed by atoms with Crippen molar-refractivity contribution in [3.8, 4) is 18.1 Å². The van der Waals surface area contributed by atoms with Crippen LogP contribution in [0.15, 0.2) is 92.6 Å². The molecule has 0 unspecified atom stereocenters. The molecule has 1 aliphatic heterocycles. The summed E-state index contributed by atoms with van der Waals surface area (Å²) in [6.07, 6.45) is 7.03. The number of terminal acetylenes is 1. The predicted molar refractivity (Wildman–Crippen MR) is 156 cm³/mol. The van der Waals surface area contributed by atoms with Crippen LogP contribution in [-0.4, -0.2) is 23.8 Å². The van der Waals surface area contributed by atoms with E-state index in [2.05, 4.69) is 21.9 Å². The van der Waals surface area contributed by atoms with E-state index in [0.29, 0.717) is 36.4 Å². The molecule has 1 aromatic heterocycles. The molecule has 4 aromatic rings. The molecule has 0 saturated carbocycles. The third-order valence-corrected chi connectivity index (χ3v) is 7.73. The van der Waals surface area contributed by atoms with Gasteiger partial charge in [0.2, 0.25) is 0 Å². The van der Waals surface area contributed by atoms with Crippen LogP contribution in [0.25, 0.3) is 11.8 Å². The van der Waals surface area contributed by atoms with Gasteiger partial charge >= 0.3 is 5.97 Å². The first-order valence-electron chi connectivity index (χ1n) is 12.3. The summed E-state index contributed by atoms with van der Waals surface area (Å²) in [5.41, 5.74) is 2.27. The molecule has 1 atom stereocenters. The van der Waals surface area contributed by atoms with Gasteiger partial charge in [-0.15, -0.1) is 6.42 Å². The van der Waals surface area contributed by atoms with Crippen molar-refractivity contribution in [2.45, 2.75) is 13.0 Å². The fraction of sp³-hybridized carbons (Fsp3) is 0.129. The van der Waals surface area contributed by atoms with Crippen molar-refractivity contribution in [1.29, 1.82) is 0 Å². The lowest BCUT2D eigenvalue weighted by molar-refractivity contribution is -0.138. The summed E-state index contributed by atoms with van der Waals surface area (Å²) in [6.45, 7) is 1.98. The van der Waals surface area contributed by atoms with Crippen molar-refractivity contribution in [3.63, 3.8) is 0 Å². The second kappa shape index (κ2) is 11.9. The Morgan fingerprint density at radius 1 is 1.18 bits per heavy atom. The Balaban J connectivity index is 1.75. The molecule has 200 valence electrons. The van der Waals surface area contributed by atoms with E-state index in [9.17, 15) is 14.0 Å². The van der Waals surface area contributed by atoms with Crippen LogP contribution in [0, 0.1) is 18.2 Å². The van der Waals surface area contributed by atoms with Gasteiger partial charge in [0.15, 0.2) is 4.80 Å². The highest BCUT2D eigenvalue weighted by Crippen LogP contribution is 2.35. The van der Waals surface area contributed by atoms with E-state index in [1.54, 1.807) is 31.2 Å². The number of nitrogens with zero attached hydrogens (tertiary/aromatic N) is 2. The summed E-state index contributed by atoms with van der Waals surface area (Å²) in [5.74, 6) is 1.98. The standard InChI is InChI=1S/C31H22BrFN2O4S/c1-3-16-39-24-15-10-19(17-23(24)32)18-25-29(36)35-28(21-11-13-22(33)14-12-21)26(30(37)38-4-2)27(34-31(35)40-25)20-8-6-5-7-9-20/h1,5-15,17-18,28H,4,16H2,2H3/b25-18-/t28-/m0/s1. The molecule has 0 amide bonds. The van der Waals surface area contributed by atoms with E-state index in [0.717, 1.165) is 5.56 Å². The molecule has 0 N–H and O–H groups in total. The fourth-order valence-corrected chi connectivity index (χ4v) is 5.91. The molecule has 2 heterocycles. The zero-order valence-electron chi connectivity index (χ0n) is 21.3. The van der Waals surface area contributed by atoms with Gasteiger partial charge in [-0.1, -0.05) is 65.8 Å². The van der Waals surface area contributed by atoms with Gasteiger partial charge in [-0.25, -0.2) is 14.2 Å². The summed E-state index contributed by atoms with van der Waals surface area (Å²) in [6, 6.07) is 19.5. The number of halogens is 2.